The Hall–Kier alpha value is 0.310. The SMILES string of the molecule is C[C@@H](O)CCC1CCCS1. The predicted octanol–water partition coefficient (Wildman–Crippen LogP) is 2.04. The zero-order chi connectivity index (χ0) is 7.40. The molecular weight excluding hydrogens is 144 g/mol. The van der Waals surface area contributed by atoms with E-state index < -0.39 is 0 Å². The molecule has 1 saturated heterocycles. The van der Waals surface area contributed by atoms with Gasteiger partial charge in [-0.1, -0.05) is 0 Å². The van der Waals surface area contributed by atoms with Gasteiger partial charge in [-0.15, -0.1) is 0 Å². The van der Waals surface area contributed by atoms with Crippen LogP contribution in [-0.2, 0) is 0 Å². The minimum atomic E-state index is -0.0961. The van der Waals surface area contributed by atoms with Gasteiger partial charge >= 0.3 is 0 Å². The Morgan fingerprint density at radius 1 is 1.70 bits per heavy atom. The molecule has 0 radical (unpaired) electrons. The van der Waals surface area contributed by atoms with E-state index in [1.54, 1.807) is 0 Å². The second-order valence-electron chi connectivity index (χ2n) is 3.06. The van der Waals surface area contributed by atoms with Crippen molar-refractivity contribution in [1.29, 1.82) is 0 Å². The molecule has 2 heteroatoms. The van der Waals surface area contributed by atoms with E-state index in [9.17, 15) is 0 Å². The van der Waals surface area contributed by atoms with E-state index in [-0.39, 0.29) is 6.10 Å². The summed E-state index contributed by atoms with van der Waals surface area (Å²) in [5.41, 5.74) is 0. The van der Waals surface area contributed by atoms with Gasteiger partial charge < -0.3 is 5.11 Å². The maximum Gasteiger partial charge on any atom is 0.0512 e. The molecule has 2 atom stereocenters. The topological polar surface area (TPSA) is 20.2 Å². The molecule has 1 rings (SSSR count). The fourth-order valence-corrected chi connectivity index (χ4v) is 2.60. The highest BCUT2D eigenvalue weighted by Gasteiger charge is 2.15. The monoisotopic (exact) mass is 160 g/mol. The first-order chi connectivity index (χ1) is 4.79. The van der Waals surface area contributed by atoms with Gasteiger partial charge in [-0.3, -0.25) is 0 Å². The molecule has 60 valence electrons. The first kappa shape index (κ1) is 8.41. The Bertz CT molecular complexity index is 87.3. The second-order valence-corrected chi connectivity index (χ2v) is 4.47. The number of hydrogen-bond acceptors (Lipinski definition) is 2. The lowest BCUT2D eigenvalue weighted by Gasteiger charge is -2.08. The number of rotatable bonds is 3. The summed E-state index contributed by atoms with van der Waals surface area (Å²) in [6, 6.07) is 0. The normalized spacial score (nSPS) is 28.8. The Morgan fingerprint density at radius 3 is 3.00 bits per heavy atom. The van der Waals surface area contributed by atoms with E-state index in [4.69, 9.17) is 5.11 Å². The van der Waals surface area contributed by atoms with Crippen LogP contribution in [0.4, 0.5) is 0 Å². The van der Waals surface area contributed by atoms with Crippen molar-refractivity contribution in [1.82, 2.24) is 0 Å². The van der Waals surface area contributed by atoms with Crippen LogP contribution in [0.3, 0.4) is 0 Å². The van der Waals surface area contributed by atoms with Gasteiger partial charge in [-0.05, 0) is 38.4 Å². The largest absolute Gasteiger partial charge is 0.393 e. The van der Waals surface area contributed by atoms with E-state index in [0.29, 0.717) is 0 Å². The van der Waals surface area contributed by atoms with E-state index >= 15 is 0 Å². The fourth-order valence-electron chi connectivity index (χ4n) is 1.30. The molecule has 0 aromatic heterocycles. The Labute approximate surface area is 67.2 Å². The number of thioether (sulfide) groups is 1. The molecular formula is C8H16OS. The molecule has 0 aromatic rings. The van der Waals surface area contributed by atoms with Crippen LogP contribution in [0.1, 0.15) is 32.6 Å². The molecule has 10 heavy (non-hydrogen) atoms. The van der Waals surface area contributed by atoms with Crippen LogP contribution in [0.5, 0.6) is 0 Å². The number of aliphatic hydroxyl groups is 1. The summed E-state index contributed by atoms with van der Waals surface area (Å²) in [6.07, 6.45) is 4.85. The maximum atomic E-state index is 9.00. The molecule has 1 heterocycles. The highest BCUT2D eigenvalue weighted by Crippen LogP contribution is 2.29. The summed E-state index contributed by atoms with van der Waals surface area (Å²) in [5, 5.41) is 9.86. The van der Waals surface area contributed by atoms with Crippen molar-refractivity contribution in [3.8, 4) is 0 Å². The maximum absolute atomic E-state index is 9.00. The van der Waals surface area contributed by atoms with Crippen LogP contribution >= 0.6 is 11.8 Å². The second kappa shape index (κ2) is 4.24. The highest BCUT2D eigenvalue weighted by molar-refractivity contribution is 8.00. The van der Waals surface area contributed by atoms with Crippen molar-refractivity contribution < 1.29 is 5.11 Å². The lowest BCUT2D eigenvalue weighted by atomic mass is 10.1. The summed E-state index contributed by atoms with van der Waals surface area (Å²) in [7, 11) is 0. The van der Waals surface area contributed by atoms with Crippen LogP contribution in [0.25, 0.3) is 0 Å². The van der Waals surface area contributed by atoms with Gasteiger partial charge in [0, 0.05) is 5.25 Å². The van der Waals surface area contributed by atoms with Crippen LogP contribution < -0.4 is 0 Å². The van der Waals surface area contributed by atoms with Gasteiger partial charge in [0.25, 0.3) is 0 Å². The van der Waals surface area contributed by atoms with Gasteiger partial charge in [0.15, 0.2) is 0 Å². The summed E-state index contributed by atoms with van der Waals surface area (Å²) in [5.74, 6) is 1.34. The van der Waals surface area contributed by atoms with Gasteiger partial charge in [0.1, 0.15) is 0 Å². The van der Waals surface area contributed by atoms with Gasteiger partial charge in [0.2, 0.25) is 0 Å². The van der Waals surface area contributed by atoms with Crippen molar-refractivity contribution in [3.63, 3.8) is 0 Å². The lowest BCUT2D eigenvalue weighted by molar-refractivity contribution is 0.181. The molecule has 1 fully saturated rings. The molecule has 1 aliphatic rings. The summed E-state index contributed by atoms with van der Waals surface area (Å²) in [6.45, 7) is 1.87. The minimum absolute atomic E-state index is 0.0961. The summed E-state index contributed by atoms with van der Waals surface area (Å²) < 4.78 is 0. The molecule has 0 spiro atoms. The third kappa shape index (κ3) is 2.93. The van der Waals surface area contributed by atoms with Crippen molar-refractivity contribution >= 4 is 11.8 Å². The molecule has 1 aliphatic heterocycles. The Morgan fingerprint density at radius 2 is 2.50 bits per heavy atom. The fraction of sp³-hybridized carbons (Fsp3) is 1.00. The van der Waals surface area contributed by atoms with Crippen molar-refractivity contribution in [2.45, 2.75) is 44.0 Å². The van der Waals surface area contributed by atoms with Crippen molar-refractivity contribution in [2.75, 3.05) is 5.75 Å². The smallest absolute Gasteiger partial charge is 0.0512 e. The third-order valence-electron chi connectivity index (χ3n) is 1.93. The van der Waals surface area contributed by atoms with E-state index in [2.05, 4.69) is 11.8 Å². The summed E-state index contributed by atoms with van der Waals surface area (Å²) in [4.78, 5) is 0. The third-order valence-corrected chi connectivity index (χ3v) is 3.40. The Balaban J connectivity index is 2.01. The molecule has 0 aromatic carbocycles. The van der Waals surface area contributed by atoms with E-state index in [1.807, 2.05) is 6.92 Å². The average Bonchev–Trinajstić information content (AvgIpc) is 2.34. The molecule has 0 saturated carbocycles. The van der Waals surface area contributed by atoms with Crippen LogP contribution in [0.2, 0.25) is 0 Å². The molecule has 0 bridgehead atoms. The van der Waals surface area contributed by atoms with Crippen molar-refractivity contribution in [2.24, 2.45) is 0 Å². The van der Waals surface area contributed by atoms with Crippen LogP contribution in [-0.4, -0.2) is 22.2 Å². The van der Waals surface area contributed by atoms with Gasteiger partial charge in [-0.25, -0.2) is 0 Å². The van der Waals surface area contributed by atoms with Gasteiger partial charge in [0.05, 0.1) is 6.10 Å². The van der Waals surface area contributed by atoms with Crippen molar-refractivity contribution in [3.05, 3.63) is 0 Å². The molecule has 1 nitrogen and oxygen atoms in total. The van der Waals surface area contributed by atoms with Crippen LogP contribution in [0.15, 0.2) is 0 Å². The molecule has 1 unspecified atom stereocenters. The molecule has 0 amide bonds. The quantitative estimate of drug-likeness (QED) is 0.682. The first-order valence-corrected chi connectivity index (χ1v) is 5.13. The van der Waals surface area contributed by atoms with E-state index in [1.165, 1.54) is 25.0 Å². The molecule has 0 aliphatic carbocycles. The van der Waals surface area contributed by atoms with Gasteiger partial charge in [-0.2, -0.15) is 11.8 Å². The minimum Gasteiger partial charge on any atom is -0.393 e. The predicted molar refractivity (Wildman–Crippen MR) is 46.4 cm³/mol. The standard InChI is InChI=1S/C8H16OS/c1-7(9)4-5-8-3-2-6-10-8/h7-9H,2-6H2,1H3/t7-,8?/m1/s1. The zero-order valence-electron chi connectivity index (χ0n) is 6.55. The Kier molecular flexibility index (Phi) is 3.57. The van der Waals surface area contributed by atoms with E-state index in [0.717, 1.165) is 11.7 Å². The molecule has 1 N–H and O–H groups in total. The summed E-state index contributed by atoms with van der Waals surface area (Å²) >= 11 is 2.07. The van der Waals surface area contributed by atoms with Crippen LogP contribution in [0, 0.1) is 0 Å². The average molecular weight is 160 g/mol. The zero-order valence-corrected chi connectivity index (χ0v) is 7.36. The first-order valence-electron chi connectivity index (χ1n) is 4.08. The number of aliphatic hydroxyl groups excluding tert-OH is 1. The number of hydrogen-bond donors (Lipinski definition) is 1. The highest BCUT2D eigenvalue weighted by atomic mass is 32.2. The lowest BCUT2D eigenvalue weighted by Crippen LogP contribution is -2.04.